The van der Waals surface area contributed by atoms with E-state index >= 15 is 0 Å². The maximum Gasteiger partial charge on any atom is 0.303 e. The minimum Gasteiger partial charge on any atom is -0.481 e. The Morgan fingerprint density at radius 2 is 1.79 bits per heavy atom. The summed E-state index contributed by atoms with van der Waals surface area (Å²) in [4.78, 5) is 30.7. The van der Waals surface area contributed by atoms with E-state index in [-0.39, 0.29) is 24.8 Å². The highest BCUT2D eigenvalue weighted by molar-refractivity contribution is 5.88. The van der Waals surface area contributed by atoms with Gasteiger partial charge < -0.3 is 20.4 Å². The lowest BCUT2D eigenvalue weighted by Crippen LogP contribution is -2.30. The van der Waals surface area contributed by atoms with Gasteiger partial charge in [-0.25, -0.2) is 0 Å². The molecule has 3 aromatic carbocycles. The van der Waals surface area contributed by atoms with Crippen molar-refractivity contribution in [3.63, 3.8) is 0 Å². The van der Waals surface area contributed by atoms with Crippen LogP contribution in [0.3, 0.4) is 0 Å². The number of aromatic nitrogens is 2. The number of aromatic amines is 2. The molecular formula is C28H25N3O3. The van der Waals surface area contributed by atoms with Crippen LogP contribution in [-0.4, -0.2) is 27.0 Å². The summed E-state index contributed by atoms with van der Waals surface area (Å²) in [6.07, 6.45) is 4.50. The van der Waals surface area contributed by atoms with Gasteiger partial charge in [0.15, 0.2) is 0 Å². The smallest absolute Gasteiger partial charge is 0.303 e. The van der Waals surface area contributed by atoms with Crippen molar-refractivity contribution >= 4 is 33.7 Å². The van der Waals surface area contributed by atoms with Crippen LogP contribution in [0, 0.1) is 0 Å². The number of hydrogen-bond donors (Lipinski definition) is 4. The molecule has 2 heterocycles. The normalized spacial score (nSPS) is 12.1. The zero-order valence-electron chi connectivity index (χ0n) is 18.5. The van der Waals surface area contributed by atoms with Crippen LogP contribution in [0.5, 0.6) is 0 Å². The van der Waals surface area contributed by atoms with Crippen molar-refractivity contribution < 1.29 is 14.7 Å². The van der Waals surface area contributed by atoms with E-state index in [2.05, 4.69) is 15.3 Å². The highest BCUT2D eigenvalue weighted by Crippen LogP contribution is 2.28. The van der Waals surface area contributed by atoms with Crippen molar-refractivity contribution in [2.45, 2.75) is 25.3 Å². The molecule has 1 atom stereocenters. The number of amides is 1. The number of benzene rings is 3. The molecular weight excluding hydrogens is 426 g/mol. The lowest BCUT2D eigenvalue weighted by Gasteiger charge is -2.21. The molecule has 4 N–H and O–H groups in total. The fraction of sp³-hybridized carbons (Fsp3) is 0.143. The molecule has 0 saturated carbocycles. The largest absolute Gasteiger partial charge is 0.481 e. The lowest BCUT2D eigenvalue weighted by atomic mass is 9.96. The van der Waals surface area contributed by atoms with E-state index in [1.165, 1.54) is 0 Å². The number of carbonyl (C=O) groups excluding carboxylic acids is 1. The monoisotopic (exact) mass is 451 g/mol. The molecule has 1 amide bonds. The molecule has 0 saturated heterocycles. The molecule has 0 radical (unpaired) electrons. The molecule has 1 unspecified atom stereocenters. The van der Waals surface area contributed by atoms with Crippen LogP contribution in [-0.2, 0) is 22.4 Å². The lowest BCUT2D eigenvalue weighted by molar-refractivity contribution is -0.137. The minimum absolute atomic E-state index is 0.0702. The third kappa shape index (κ3) is 4.43. The number of hydrogen-bond acceptors (Lipinski definition) is 2. The summed E-state index contributed by atoms with van der Waals surface area (Å²) < 4.78 is 0. The first-order valence-corrected chi connectivity index (χ1v) is 11.3. The number of H-pyrrole nitrogens is 2. The second kappa shape index (κ2) is 9.27. The van der Waals surface area contributed by atoms with E-state index in [9.17, 15) is 9.59 Å². The molecule has 6 nitrogen and oxygen atoms in total. The average molecular weight is 452 g/mol. The predicted octanol–water partition coefficient (Wildman–Crippen LogP) is 5.11. The van der Waals surface area contributed by atoms with Gasteiger partial charge in [-0.3, -0.25) is 9.59 Å². The van der Waals surface area contributed by atoms with E-state index in [1.54, 1.807) is 0 Å². The molecule has 0 spiro atoms. The summed E-state index contributed by atoms with van der Waals surface area (Å²) in [6.45, 7) is 0. The van der Waals surface area contributed by atoms with Gasteiger partial charge in [0.25, 0.3) is 0 Å². The topological polar surface area (TPSA) is 98.0 Å². The van der Waals surface area contributed by atoms with Crippen molar-refractivity contribution in [2.75, 3.05) is 0 Å². The fourth-order valence-electron chi connectivity index (χ4n) is 4.52. The van der Waals surface area contributed by atoms with E-state index in [0.29, 0.717) is 6.42 Å². The number of rotatable bonds is 8. The third-order valence-electron chi connectivity index (χ3n) is 6.17. The summed E-state index contributed by atoms with van der Waals surface area (Å²) in [5.74, 6) is -0.909. The van der Waals surface area contributed by atoms with Crippen LogP contribution in [0.15, 0.2) is 85.2 Å². The summed E-state index contributed by atoms with van der Waals surface area (Å²) in [7, 11) is 0. The van der Waals surface area contributed by atoms with E-state index in [1.807, 2.05) is 85.2 Å². The number of carboxylic acid groups (broad SMARTS) is 1. The zero-order chi connectivity index (χ0) is 23.5. The molecule has 0 fully saturated rings. The Bertz CT molecular complexity index is 1470. The van der Waals surface area contributed by atoms with Crippen LogP contribution in [0.25, 0.3) is 21.8 Å². The van der Waals surface area contributed by atoms with Crippen LogP contribution < -0.4 is 5.32 Å². The van der Waals surface area contributed by atoms with Gasteiger partial charge in [-0.05, 0) is 46.7 Å². The molecule has 0 aliphatic rings. The molecule has 5 rings (SSSR count). The van der Waals surface area contributed by atoms with Crippen LogP contribution >= 0.6 is 0 Å². The molecule has 0 bridgehead atoms. The van der Waals surface area contributed by atoms with E-state index in [4.69, 9.17) is 5.11 Å². The van der Waals surface area contributed by atoms with Gasteiger partial charge in [-0.1, -0.05) is 54.6 Å². The average Bonchev–Trinajstić information content (AvgIpc) is 3.48. The molecule has 0 aliphatic heterocycles. The van der Waals surface area contributed by atoms with Gasteiger partial charge in [0, 0.05) is 35.3 Å². The minimum atomic E-state index is -0.825. The quantitative estimate of drug-likeness (QED) is 0.264. The Morgan fingerprint density at radius 3 is 2.62 bits per heavy atom. The zero-order valence-corrected chi connectivity index (χ0v) is 18.5. The summed E-state index contributed by atoms with van der Waals surface area (Å²) in [6, 6.07) is 23.6. The number of fused-ring (bicyclic) bond motifs is 2. The Labute approximate surface area is 196 Å². The standard InChI is InChI=1S/C28H25N3O3/c32-25(16-18-9-11-24-23(15-18)21(17-30-24)10-12-26(33)34)31-28(19-5-2-1-3-6-19)22-8-4-7-20-13-14-29-27(20)22/h1-9,11,13-15,17,28-30H,10,12,16H2,(H,31,32)(H,33,34). The molecule has 2 aromatic heterocycles. The Balaban J connectivity index is 1.41. The highest BCUT2D eigenvalue weighted by atomic mass is 16.4. The number of carboxylic acids is 1. The van der Waals surface area contributed by atoms with Gasteiger partial charge in [0.1, 0.15) is 0 Å². The predicted molar refractivity (Wildman–Crippen MR) is 133 cm³/mol. The number of para-hydroxylation sites is 1. The van der Waals surface area contributed by atoms with Crippen LogP contribution in [0.1, 0.15) is 34.7 Å². The Hall–Kier alpha value is -4.32. The van der Waals surface area contributed by atoms with Gasteiger partial charge in [0.2, 0.25) is 5.91 Å². The first-order chi connectivity index (χ1) is 16.6. The maximum atomic E-state index is 13.2. The second-order valence-corrected chi connectivity index (χ2v) is 8.46. The number of carbonyl (C=O) groups is 2. The molecule has 6 heteroatoms. The molecule has 5 aromatic rings. The maximum absolute atomic E-state index is 13.2. The summed E-state index contributed by atoms with van der Waals surface area (Å²) >= 11 is 0. The van der Waals surface area contributed by atoms with Crippen molar-refractivity contribution in [2.24, 2.45) is 0 Å². The molecule has 170 valence electrons. The first-order valence-electron chi connectivity index (χ1n) is 11.3. The summed E-state index contributed by atoms with van der Waals surface area (Å²) in [5, 5.41) is 14.3. The molecule has 34 heavy (non-hydrogen) atoms. The number of aliphatic carboxylic acids is 1. The van der Waals surface area contributed by atoms with Crippen molar-refractivity contribution in [1.29, 1.82) is 0 Å². The van der Waals surface area contributed by atoms with Crippen LogP contribution in [0.4, 0.5) is 0 Å². The van der Waals surface area contributed by atoms with E-state index in [0.717, 1.165) is 44.1 Å². The van der Waals surface area contributed by atoms with Gasteiger partial charge in [-0.2, -0.15) is 0 Å². The second-order valence-electron chi connectivity index (χ2n) is 8.46. The number of aryl methyl sites for hydroxylation is 1. The Kier molecular flexibility index (Phi) is 5.87. The fourth-order valence-corrected chi connectivity index (χ4v) is 4.52. The first kappa shape index (κ1) is 21.5. The van der Waals surface area contributed by atoms with E-state index < -0.39 is 5.97 Å². The third-order valence-corrected chi connectivity index (χ3v) is 6.17. The summed E-state index contributed by atoms with van der Waals surface area (Å²) in [5.41, 5.74) is 5.79. The number of nitrogens with one attached hydrogen (secondary N) is 3. The van der Waals surface area contributed by atoms with Crippen molar-refractivity contribution in [3.8, 4) is 0 Å². The van der Waals surface area contributed by atoms with Gasteiger partial charge in [-0.15, -0.1) is 0 Å². The van der Waals surface area contributed by atoms with Crippen LogP contribution in [0.2, 0.25) is 0 Å². The SMILES string of the molecule is O=C(O)CCc1c[nH]c2ccc(CC(=O)NC(c3ccccc3)c3cccc4cc[nH]c34)cc12. The van der Waals surface area contributed by atoms with Crippen molar-refractivity contribution in [3.05, 3.63) is 107 Å². The molecule has 0 aliphatic carbocycles. The van der Waals surface area contributed by atoms with Crippen molar-refractivity contribution in [1.82, 2.24) is 15.3 Å². The van der Waals surface area contributed by atoms with Gasteiger partial charge in [0.05, 0.1) is 18.0 Å². The highest BCUT2D eigenvalue weighted by Gasteiger charge is 2.20. The Morgan fingerprint density at radius 1 is 0.941 bits per heavy atom. The van der Waals surface area contributed by atoms with Gasteiger partial charge >= 0.3 is 5.97 Å².